The predicted octanol–water partition coefficient (Wildman–Crippen LogP) is 6.54. The van der Waals surface area contributed by atoms with Gasteiger partial charge in [-0.3, -0.25) is 0 Å². The van der Waals surface area contributed by atoms with Crippen molar-refractivity contribution < 1.29 is 0 Å². The fourth-order valence-electron chi connectivity index (χ4n) is 2.65. The third kappa shape index (κ3) is 2.93. The Bertz CT molecular complexity index is 749. The Kier molecular flexibility index (Phi) is 4.30. The topological polar surface area (TPSA) is 3.24 Å². The number of aryl methyl sites for hydroxylation is 2. The van der Waals surface area contributed by atoms with Crippen LogP contribution in [-0.2, 0) is 0 Å². The Balaban J connectivity index is 2.24. The largest absolute Gasteiger partial charge is 0.310 e. The van der Waals surface area contributed by atoms with E-state index >= 15 is 0 Å². The zero-order valence-corrected chi connectivity index (χ0v) is 14.3. The second-order valence-corrected chi connectivity index (χ2v) is 6.30. The van der Waals surface area contributed by atoms with Crippen molar-refractivity contribution in [3.05, 3.63) is 88.4 Å². The minimum Gasteiger partial charge on any atom is -0.310 e. The lowest BCUT2D eigenvalue weighted by atomic mass is 10.1. The van der Waals surface area contributed by atoms with E-state index in [1.165, 1.54) is 22.5 Å². The number of benzene rings is 3. The van der Waals surface area contributed by atoms with Crippen LogP contribution in [-0.4, -0.2) is 0 Å². The van der Waals surface area contributed by atoms with Gasteiger partial charge in [-0.1, -0.05) is 58.4 Å². The average Bonchev–Trinajstić information content (AvgIpc) is 2.51. The third-order valence-electron chi connectivity index (χ3n) is 3.78. The molecule has 110 valence electrons. The molecule has 0 aliphatic carbocycles. The zero-order chi connectivity index (χ0) is 15.5. The molecule has 3 aromatic rings. The number of hydrogen-bond donors (Lipinski definition) is 0. The van der Waals surface area contributed by atoms with Gasteiger partial charge >= 0.3 is 0 Å². The Morgan fingerprint density at radius 1 is 0.682 bits per heavy atom. The highest BCUT2D eigenvalue weighted by Gasteiger charge is 2.15. The van der Waals surface area contributed by atoms with Gasteiger partial charge in [-0.2, -0.15) is 0 Å². The summed E-state index contributed by atoms with van der Waals surface area (Å²) in [6.07, 6.45) is 0. The highest BCUT2D eigenvalue weighted by molar-refractivity contribution is 9.10. The average molecular weight is 352 g/mol. The maximum absolute atomic E-state index is 3.59. The van der Waals surface area contributed by atoms with Crippen LogP contribution in [0.1, 0.15) is 11.1 Å². The molecule has 0 amide bonds. The van der Waals surface area contributed by atoms with E-state index in [1.807, 2.05) is 0 Å². The fourth-order valence-corrected chi connectivity index (χ4v) is 3.04. The predicted molar refractivity (Wildman–Crippen MR) is 98.3 cm³/mol. The summed E-state index contributed by atoms with van der Waals surface area (Å²) in [6.45, 7) is 4.30. The van der Waals surface area contributed by atoms with Gasteiger partial charge in [0.25, 0.3) is 0 Å². The van der Waals surface area contributed by atoms with Crippen LogP contribution < -0.4 is 4.90 Å². The SMILES string of the molecule is Cc1ccccc1N(c1cccc(Br)c1)c1ccccc1C. The first-order chi connectivity index (χ1) is 10.7. The van der Waals surface area contributed by atoms with Crippen molar-refractivity contribution in [2.24, 2.45) is 0 Å². The summed E-state index contributed by atoms with van der Waals surface area (Å²) in [4.78, 5) is 2.31. The molecular formula is C20H18BrN. The molecule has 0 N–H and O–H groups in total. The van der Waals surface area contributed by atoms with Crippen molar-refractivity contribution in [1.29, 1.82) is 0 Å². The molecule has 3 rings (SSSR count). The molecule has 0 saturated carbocycles. The standard InChI is InChI=1S/C20H18BrN/c1-15-8-3-5-12-19(15)22(18-11-7-10-17(21)14-18)20-13-6-4-9-16(20)2/h3-14H,1-2H3. The van der Waals surface area contributed by atoms with Crippen LogP contribution in [0.2, 0.25) is 0 Å². The van der Waals surface area contributed by atoms with Crippen molar-refractivity contribution >= 4 is 33.0 Å². The molecule has 2 heteroatoms. The first kappa shape index (κ1) is 14.9. The Morgan fingerprint density at radius 2 is 1.23 bits per heavy atom. The van der Waals surface area contributed by atoms with E-state index in [2.05, 4.69) is 107 Å². The maximum Gasteiger partial charge on any atom is 0.0490 e. The first-order valence-corrected chi connectivity index (χ1v) is 8.13. The number of halogens is 1. The van der Waals surface area contributed by atoms with Gasteiger partial charge in [0.2, 0.25) is 0 Å². The highest BCUT2D eigenvalue weighted by atomic mass is 79.9. The van der Waals surface area contributed by atoms with Gasteiger partial charge < -0.3 is 4.90 Å². The van der Waals surface area contributed by atoms with Crippen molar-refractivity contribution in [2.75, 3.05) is 4.90 Å². The fraction of sp³-hybridized carbons (Fsp3) is 0.100. The maximum atomic E-state index is 3.59. The summed E-state index contributed by atoms with van der Waals surface area (Å²) < 4.78 is 1.08. The molecule has 3 aromatic carbocycles. The van der Waals surface area contributed by atoms with E-state index in [9.17, 15) is 0 Å². The summed E-state index contributed by atoms with van der Waals surface area (Å²) in [6, 6.07) is 25.4. The second-order valence-electron chi connectivity index (χ2n) is 5.39. The number of anilines is 3. The molecule has 0 atom stereocenters. The van der Waals surface area contributed by atoms with Crippen LogP contribution in [0, 0.1) is 13.8 Å². The van der Waals surface area contributed by atoms with Gasteiger partial charge in [-0.05, 0) is 55.3 Å². The van der Waals surface area contributed by atoms with Crippen LogP contribution in [0.5, 0.6) is 0 Å². The zero-order valence-electron chi connectivity index (χ0n) is 12.8. The Hall–Kier alpha value is -2.06. The van der Waals surface area contributed by atoms with Crippen molar-refractivity contribution in [3.8, 4) is 0 Å². The van der Waals surface area contributed by atoms with Gasteiger partial charge in [0, 0.05) is 21.5 Å². The summed E-state index contributed by atoms with van der Waals surface area (Å²) in [5, 5.41) is 0. The molecule has 22 heavy (non-hydrogen) atoms. The second kappa shape index (κ2) is 6.37. The molecule has 0 aliphatic rings. The van der Waals surface area contributed by atoms with Crippen LogP contribution in [0.25, 0.3) is 0 Å². The Morgan fingerprint density at radius 3 is 1.73 bits per heavy atom. The molecule has 0 aliphatic heterocycles. The van der Waals surface area contributed by atoms with Crippen LogP contribution in [0.3, 0.4) is 0 Å². The molecule has 0 aromatic heterocycles. The minimum atomic E-state index is 1.08. The number of rotatable bonds is 3. The van der Waals surface area contributed by atoms with E-state index in [0.717, 1.165) is 10.2 Å². The normalized spacial score (nSPS) is 10.5. The van der Waals surface area contributed by atoms with Gasteiger partial charge in [-0.15, -0.1) is 0 Å². The summed E-state index contributed by atoms with van der Waals surface area (Å²) in [7, 11) is 0. The number of hydrogen-bond acceptors (Lipinski definition) is 1. The molecule has 0 bridgehead atoms. The van der Waals surface area contributed by atoms with Gasteiger partial charge in [0.15, 0.2) is 0 Å². The molecule has 0 spiro atoms. The van der Waals surface area contributed by atoms with Gasteiger partial charge in [0.05, 0.1) is 0 Å². The molecule has 0 unspecified atom stereocenters. The lowest BCUT2D eigenvalue weighted by Gasteiger charge is -2.28. The summed E-state index contributed by atoms with van der Waals surface area (Å²) >= 11 is 3.59. The Labute approximate surface area is 140 Å². The molecule has 1 nitrogen and oxygen atoms in total. The lowest BCUT2D eigenvalue weighted by molar-refractivity contribution is 1.22. The quantitative estimate of drug-likeness (QED) is 0.518. The molecule has 0 fully saturated rings. The number of para-hydroxylation sites is 2. The van der Waals surface area contributed by atoms with E-state index < -0.39 is 0 Å². The summed E-state index contributed by atoms with van der Waals surface area (Å²) in [5.74, 6) is 0. The van der Waals surface area contributed by atoms with E-state index in [-0.39, 0.29) is 0 Å². The number of nitrogens with zero attached hydrogens (tertiary/aromatic N) is 1. The van der Waals surface area contributed by atoms with Crippen molar-refractivity contribution in [3.63, 3.8) is 0 Å². The highest BCUT2D eigenvalue weighted by Crippen LogP contribution is 2.38. The van der Waals surface area contributed by atoms with E-state index in [0.29, 0.717) is 0 Å². The smallest absolute Gasteiger partial charge is 0.0490 e. The van der Waals surface area contributed by atoms with E-state index in [4.69, 9.17) is 0 Å². The van der Waals surface area contributed by atoms with Crippen molar-refractivity contribution in [1.82, 2.24) is 0 Å². The van der Waals surface area contributed by atoms with Gasteiger partial charge in [0.1, 0.15) is 0 Å². The van der Waals surface area contributed by atoms with Crippen LogP contribution in [0.15, 0.2) is 77.3 Å². The molecule has 0 radical (unpaired) electrons. The minimum absolute atomic E-state index is 1.08. The van der Waals surface area contributed by atoms with E-state index in [1.54, 1.807) is 0 Å². The van der Waals surface area contributed by atoms with Gasteiger partial charge in [-0.25, -0.2) is 0 Å². The van der Waals surface area contributed by atoms with Crippen molar-refractivity contribution in [2.45, 2.75) is 13.8 Å². The first-order valence-electron chi connectivity index (χ1n) is 7.34. The van der Waals surface area contributed by atoms with Crippen LogP contribution >= 0.6 is 15.9 Å². The third-order valence-corrected chi connectivity index (χ3v) is 4.27. The lowest BCUT2D eigenvalue weighted by Crippen LogP contribution is -2.12. The monoisotopic (exact) mass is 351 g/mol. The molecular weight excluding hydrogens is 334 g/mol. The van der Waals surface area contributed by atoms with Crippen LogP contribution in [0.4, 0.5) is 17.1 Å². The summed E-state index contributed by atoms with van der Waals surface area (Å²) in [5.41, 5.74) is 6.07. The molecule has 0 saturated heterocycles. The molecule has 0 heterocycles.